The number of rotatable bonds is 5. The number of carboxylic acids is 1. The molecule has 2 N–H and O–H groups in total. The fraction of sp³-hybridized carbons (Fsp3) is 0.333. The summed E-state index contributed by atoms with van der Waals surface area (Å²) in [6.45, 7) is 3.00. The fourth-order valence-electron chi connectivity index (χ4n) is 1.45. The third kappa shape index (κ3) is 3.13. The van der Waals surface area contributed by atoms with Gasteiger partial charge in [0.1, 0.15) is 10.0 Å². The maximum Gasteiger partial charge on any atom is 0.329 e. The van der Waals surface area contributed by atoms with Gasteiger partial charge in [-0.1, -0.05) is 13.0 Å². The highest BCUT2D eigenvalue weighted by Gasteiger charge is 2.34. The molecule has 1 atom stereocenters. The standard InChI is InChI=1S/C12H13BrN2O5/c1-3-12(2,11(17)18)14-10(16)7-5-4-6-8(9(7)13)15(19)20/h4-6H,3H2,1-2H3,(H,14,16)(H,17,18). The summed E-state index contributed by atoms with van der Waals surface area (Å²) in [6, 6.07) is 3.99. The molecule has 0 radical (unpaired) electrons. The monoisotopic (exact) mass is 344 g/mol. The van der Waals surface area contributed by atoms with Crippen LogP contribution in [0, 0.1) is 10.1 Å². The van der Waals surface area contributed by atoms with Gasteiger partial charge >= 0.3 is 5.97 Å². The van der Waals surface area contributed by atoms with E-state index in [0.29, 0.717) is 0 Å². The van der Waals surface area contributed by atoms with Crippen LogP contribution >= 0.6 is 15.9 Å². The van der Waals surface area contributed by atoms with Crippen LogP contribution in [0.4, 0.5) is 5.69 Å². The van der Waals surface area contributed by atoms with Gasteiger partial charge in [-0.3, -0.25) is 14.9 Å². The van der Waals surface area contributed by atoms with Crippen molar-refractivity contribution in [1.29, 1.82) is 0 Å². The van der Waals surface area contributed by atoms with Crippen LogP contribution in [0.2, 0.25) is 0 Å². The molecule has 0 saturated carbocycles. The van der Waals surface area contributed by atoms with E-state index in [1.54, 1.807) is 6.92 Å². The molecule has 0 spiro atoms. The summed E-state index contributed by atoms with van der Waals surface area (Å²) in [6.07, 6.45) is 0.181. The molecule has 0 fully saturated rings. The Morgan fingerprint density at radius 2 is 2.10 bits per heavy atom. The van der Waals surface area contributed by atoms with Crippen molar-refractivity contribution < 1.29 is 19.6 Å². The number of halogens is 1. The van der Waals surface area contributed by atoms with E-state index in [2.05, 4.69) is 21.2 Å². The number of nitro benzene ring substituents is 1. The Bertz CT molecular complexity index is 575. The van der Waals surface area contributed by atoms with E-state index in [1.165, 1.54) is 25.1 Å². The smallest absolute Gasteiger partial charge is 0.329 e. The number of hydrogen-bond donors (Lipinski definition) is 2. The minimum absolute atomic E-state index is 0.0140. The first kappa shape index (κ1) is 16.1. The summed E-state index contributed by atoms with van der Waals surface area (Å²) < 4.78 is 0.0198. The summed E-state index contributed by atoms with van der Waals surface area (Å²) in [5, 5.41) is 22.3. The summed E-state index contributed by atoms with van der Waals surface area (Å²) in [7, 11) is 0. The topological polar surface area (TPSA) is 110 Å². The fourth-order valence-corrected chi connectivity index (χ4v) is 2.04. The van der Waals surface area contributed by atoms with Crippen LogP contribution in [0.25, 0.3) is 0 Å². The molecule has 0 saturated heterocycles. The molecule has 0 aromatic heterocycles. The first-order chi connectivity index (χ1) is 9.23. The number of nitrogens with zero attached hydrogens (tertiary/aromatic N) is 1. The number of hydrogen-bond acceptors (Lipinski definition) is 4. The first-order valence-electron chi connectivity index (χ1n) is 5.71. The number of carboxylic acid groups (broad SMARTS) is 1. The number of nitrogens with one attached hydrogen (secondary N) is 1. The van der Waals surface area contributed by atoms with Gasteiger partial charge < -0.3 is 10.4 Å². The Morgan fingerprint density at radius 3 is 2.55 bits per heavy atom. The average molecular weight is 345 g/mol. The molecule has 1 aromatic rings. The molecule has 0 heterocycles. The molecule has 1 aromatic carbocycles. The lowest BCUT2D eigenvalue weighted by Crippen LogP contribution is -2.51. The van der Waals surface area contributed by atoms with E-state index >= 15 is 0 Å². The normalized spacial score (nSPS) is 13.3. The minimum atomic E-state index is -1.43. The summed E-state index contributed by atoms with van der Waals surface area (Å²) in [5.41, 5.74) is -1.67. The number of benzene rings is 1. The minimum Gasteiger partial charge on any atom is -0.480 e. The Hall–Kier alpha value is -1.96. The molecule has 7 nitrogen and oxygen atoms in total. The van der Waals surface area contributed by atoms with E-state index in [1.807, 2.05) is 0 Å². The van der Waals surface area contributed by atoms with E-state index in [0.717, 1.165) is 0 Å². The molecule has 0 aliphatic carbocycles. The van der Waals surface area contributed by atoms with Crippen molar-refractivity contribution in [2.75, 3.05) is 0 Å². The second-order valence-electron chi connectivity index (χ2n) is 4.34. The molecule has 0 aliphatic rings. The van der Waals surface area contributed by atoms with E-state index in [9.17, 15) is 19.7 Å². The second-order valence-corrected chi connectivity index (χ2v) is 5.13. The molecule has 1 rings (SSSR count). The Kier molecular flexibility index (Phi) is 4.83. The Labute approximate surface area is 123 Å². The van der Waals surface area contributed by atoms with E-state index in [-0.39, 0.29) is 22.1 Å². The zero-order valence-corrected chi connectivity index (χ0v) is 12.4. The van der Waals surface area contributed by atoms with Crippen LogP contribution in [0.15, 0.2) is 22.7 Å². The molecule has 8 heteroatoms. The van der Waals surface area contributed by atoms with Gasteiger partial charge in [0.2, 0.25) is 0 Å². The van der Waals surface area contributed by atoms with E-state index in [4.69, 9.17) is 5.11 Å². The predicted octanol–water partition coefficient (Wildman–Crippen LogP) is 2.34. The van der Waals surface area contributed by atoms with Gasteiger partial charge in [-0.05, 0) is 35.3 Å². The Balaban J connectivity index is 3.14. The molecular weight excluding hydrogens is 332 g/mol. The molecule has 1 unspecified atom stereocenters. The third-order valence-electron chi connectivity index (χ3n) is 2.99. The van der Waals surface area contributed by atoms with E-state index < -0.39 is 22.3 Å². The quantitative estimate of drug-likeness (QED) is 0.629. The van der Waals surface area contributed by atoms with Gasteiger partial charge in [-0.25, -0.2) is 4.79 Å². The maximum absolute atomic E-state index is 12.1. The van der Waals surface area contributed by atoms with Crippen LogP contribution in [0.1, 0.15) is 30.6 Å². The van der Waals surface area contributed by atoms with Crippen LogP contribution < -0.4 is 5.32 Å². The van der Waals surface area contributed by atoms with Gasteiger partial charge in [-0.15, -0.1) is 0 Å². The molecule has 108 valence electrons. The average Bonchev–Trinajstić information content (AvgIpc) is 2.37. The van der Waals surface area contributed by atoms with Crippen molar-refractivity contribution in [3.63, 3.8) is 0 Å². The highest BCUT2D eigenvalue weighted by Crippen LogP contribution is 2.28. The second kappa shape index (κ2) is 6.00. The maximum atomic E-state index is 12.1. The largest absolute Gasteiger partial charge is 0.480 e. The van der Waals surface area contributed by atoms with Gasteiger partial charge in [0.05, 0.1) is 10.5 Å². The van der Waals surface area contributed by atoms with Crippen LogP contribution in [-0.4, -0.2) is 27.4 Å². The van der Waals surface area contributed by atoms with Crippen molar-refractivity contribution in [2.45, 2.75) is 25.8 Å². The number of carbonyl (C=O) groups excluding carboxylic acids is 1. The lowest BCUT2D eigenvalue weighted by molar-refractivity contribution is -0.385. The SMILES string of the molecule is CCC(C)(NC(=O)c1cccc([N+](=O)[O-])c1Br)C(=O)O. The number of nitro groups is 1. The van der Waals surface area contributed by atoms with Crippen molar-refractivity contribution in [3.8, 4) is 0 Å². The van der Waals surface area contributed by atoms with Crippen molar-refractivity contribution in [1.82, 2.24) is 5.32 Å². The zero-order chi connectivity index (χ0) is 15.5. The lowest BCUT2D eigenvalue weighted by Gasteiger charge is -2.24. The van der Waals surface area contributed by atoms with Crippen molar-refractivity contribution in [3.05, 3.63) is 38.3 Å². The third-order valence-corrected chi connectivity index (χ3v) is 3.82. The highest BCUT2D eigenvalue weighted by molar-refractivity contribution is 9.10. The van der Waals surface area contributed by atoms with Crippen LogP contribution in [0.5, 0.6) is 0 Å². The van der Waals surface area contributed by atoms with Crippen molar-refractivity contribution in [2.24, 2.45) is 0 Å². The molecule has 1 amide bonds. The predicted molar refractivity (Wildman–Crippen MR) is 74.6 cm³/mol. The van der Waals surface area contributed by atoms with Gasteiger partial charge in [0.15, 0.2) is 0 Å². The molecule has 0 bridgehead atoms. The molecular formula is C12H13BrN2O5. The Morgan fingerprint density at radius 1 is 1.50 bits per heavy atom. The zero-order valence-electron chi connectivity index (χ0n) is 10.8. The first-order valence-corrected chi connectivity index (χ1v) is 6.51. The van der Waals surface area contributed by atoms with Gasteiger partial charge in [-0.2, -0.15) is 0 Å². The summed E-state index contributed by atoms with van der Waals surface area (Å²) >= 11 is 3.00. The van der Waals surface area contributed by atoms with Gasteiger partial charge in [0.25, 0.3) is 11.6 Å². The lowest BCUT2D eigenvalue weighted by atomic mass is 9.98. The number of aliphatic carboxylic acids is 1. The summed E-state index contributed by atoms with van der Waals surface area (Å²) in [5.74, 6) is -1.86. The van der Waals surface area contributed by atoms with Crippen LogP contribution in [-0.2, 0) is 4.79 Å². The van der Waals surface area contributed by atoms with Gasteiger partial charge in [0, 0.05) is 6.07 Å². The van der Waals surface area contributed by atoms with Crippen LogP contribution in [0.3, 0.4) is 0 Å². The van der Waals surface area contributed by atoms with Crippen molar-refractivity contribution >= 4 is 33.5 Å². The molecule has 0 aliphatic heterocycles. The summed E-state index contributed by atoms with van der Waals surface area (Å²) in [4.78, 5) is 33.4. The molecule has 20 heavy (non-hydrogen) atoms. The number of amides is 1. The highest BCUT2D eigenvalue weighted by atomic mass is 79.9. The number of carbonyl (C=O) groups is 2.